The van der Waals surface area contributed by atoms with Gasteiger partial charge in [-0.05, 0) is 57.2 Å². The largest absolute Gasteiger partial charge is 0.320 e. The monoisotopic (exact) mass is 376 g/mol. The number of hydrogen-bond donors (Lipinski definition) is 1. The molecule has 0 spiro atoms. The Bertz CT molecular complexity index is 984. The Balaban J connectivity index is 1.53. The van der Waals surface area contributed by atoms with Crippen molar-refractivity contribution in [1.29, 1.82) is 0 Å². The number of piperidine rings is 1. The number of amides is 1. The summed E-state index contributed by atoms with van der Waals surface area (Å²) in [6.07, 6.45) is 10.1. The summed E-state index contributed by atoms with van der Waals surface area (Å²) in [5.41, 5.74) is 3.25. The second-order valence-electron chi connectivity index (χ2n) is 7.74. The molecule has 5 heterocycles. The van der Waals surface area contributed by atoms with Crippen LogP contribution in [0.5, 0.6) is 0 Å². The molecule has 1 atom stereocenters. The number of nitrogens with zero attached hydrogens (tertiary/aromatic N) is 5. The number of fused-ring (bicyclic) bond motifs is 1. The first kappa shape index (κ1) is 17.2. The molecule has 1 fully saturated rings. The van der Waals surface area contributed by atoms with Crippen molar-refractivity contribution in [3.8, 4) is 5.69 Å². The zero-order valence-electron chi connectivity index (χ0n) is 16.0. The lowest BCUT2D eigenvalue weighted by molar-refractivity contribution is -0.116. The van der Waals surface area contributed by atoms with Gasteiger partial charge in [-0.15, -0.1) is 0 Å². The smallest absolute Gasteiger partial charge is 0.226 e. The molecule has 0 aromatic carbocycles. The third kappa shape index (κ3) is 2.92. The summed E-state index contributed by atoms with van der Waals surface area (Å²) in [5, 5.41) is 7.80. The zero-order chi connectivity index (χ0) is 19.1. The summed E-state index contributed by atoms with van der Waals surface area (Å²) in [5.74, 6) is 0.917. The van der Waals surface area contributed by atoms with E-state index in [1.54, 1.807) is 12.4 Å². The first-order chi connectivity index (χ1) is 13.7. The van der Waals surface area contributed by atoms with Crippen LogP contribution in [-0.4, -0.2) is 50.3 Å². The van der Waals surface area contributed by atoms with E-state index in [-0.39, 0.29) is 11.8 Å². The summed E-state index contributed by atoms with van der Waals surface area (Å²) < 4.78 is 4.19. The van der Waals surface area contributed by atoms with Gasteiger partial charge in [-0.2, -0.15) is 5.10 Å². The summed E-state index contributed by atoms with van der Waals surface area (Å²) in [7, 11) is 2.15. The molecule has 0 bridgehead atoms. The number of carbonyl (C=O) groups excluding carboxylic acids is 1. The third-order valence-corrected chi connectivity index (χ3v) is 5.96. The summed E-state index contributed by atoms with van der Waals surface area (Å²) in [4.78, 5) is 19.0. The molecule has 0 aliphatic carbocycles. The third-order valence-electron chi connectivity index (χ3n) is 5.96. The van der Waals surface area contributed by atoms with Crippen LogP contribution in [-0.2, 0) is 4.79 Å². The SMILES string of the molecule is CN1CCC(n2ncc3c2NC(=O)CC3c2cccn2-c2ccncc2)CC1. The van der Waals surface area contributed by atoms with E-state index in [2.05, 4.69) is 32.9 Å². The Labute approximate surface area is 164 Å². The van der Waals surface area contributed by atoms with Crippen LogP contribution in [0.2, 0.25) is 0 Å². The molecule has 2 aliphatic rings. The molecular weight excluding hydrogens is 352 g/mol. The van der Waals surface area contributed by atoms with Crippen molar-refractivity contribution in [3.63, 3.8) is 0 Å². The predicted octanol–water partition coefficient (Wildman–Crippen LogP) is 2.81. The lowest BCUT2D eigenvalue weighted by Gasteiger charge is -2.31. The molecule has 7 heteroatoms. The first-order valence-electron chi connectivity index (χ1n) is 9.84. The molecule has 0 saturated carbocycles. The van der Waals surface area contributed by atoms with Crippen LogP contribution in [0.1, 0.15) is 42.5 Å². The van der Waals surface area contributed by atoms with E-state index in [1.807, 2.05) is 35.3 Å². The Morgan fingerprint density at radius 1 is 1.14 bits per heavy atom. The van der Waals surface area contributed by atoms with Crippen LogP contribution < -0.4 is 5.32 Å². The fourth-order valence-corrected chi connectivity index (χ4v) is 4.44. The number of likely N-dealkylation sites (tertiary alicyclic amines) is 1. The average molecular weight is 376 g/mol. The topological polar surface area (TPSA) is 68.0 Å². The molecule has 7 nitrogen and oxygen atoms in total. The molecular formula is C21H24N6O. The molecule has 28 heavy (non-hydrogen) atoms. The number of rotatable bonds is 3. The fourth-order valence-electron chi connectivity index (χ4n) is 4.44. The van der Waals surface area contributed by atoms with Gasteiger partial charge in [0.1, 0.15) is 5.82 Å². The Kier molecular flexibility index (Phi) is 4.24. The van der Waals surface area contributed by atoms with Crippen LogP contribution in [0.25, 0.3) is 5.69 Å². The van der Waals surface area contributed by atoms with Crippen LogP contribution in [0, 0.1) is 0 Å². The van der Waals surface area contributed by atoms with Crippen LogP contribution >= 0.6 is 0 Å². The number of aromatic nitrogens is 4. The maximum Gasteiger partial charge on any atom is 0.226 e. The second kappa shape index (κ2) is 6.91. The lowest BCUT2D eigenvalue weighted by atomic mass is 9.90. The van der Waals surface area contributed by atoms with Crippen molar-refractivity contribution >= 4 is 11.7 Å². The van der Waals surface area contributed by atoms with E-state index < -0.39 is 0 Å². The molecule has 5 rings (SSSR count). The molecule has 2 aliphatic heterocycles. The molecule has 144 valence electrons. The van der Waals surface area contributed by atoms with Gasteiger partial charge in [-0.3, -0.25) is 9.78 Å². The zero-order valence-corrected chi connectivity index (χ0v) is 16.0. The van der Waals surface area contributed by atoms with Gasteiger partial charge in [0.25, 0.3) is 0 Å². The number of hydrogen-bond acceptors (Lipinski definition) is 4. The number of carbonyl (C=O) groups is 1. The van der Waals surface area contributed by atoms with Crippen LogP contribution in [0.15, 0.2) is 49.1 Å². The summed E-state index contributed by atoms with van der Waals surface area (Å²) in [6, 6.07) is 8.43. The van der Waals surface area contributed by atoms with Gasteiger partial charge in [-0.1, -0.05) is 0 Å². The van der Waals surface area contributed by atoms with Gasteiger partial charge in [0.05, 0.1) is 12.2 Å². The highest BCUT2D eigenvalue weighted by molar-refractivity contribution is 5.94. The van der Waals surface area contributed by atoms with Crippen LogP contribution in [0.3, 0.4) is 0 Å². The van der Waals surface area contributed by atoms with Gasteiger partial charge in [0.15, 0.2) is 0 Å². The van der Waals surface area contributed by atoms with E-state index in [0.29, 0.717) is 12.5 Å². The number of pyridine rings is 1. The quantitative estimate of drug-likeness (QED) is 0.763. The van der Waals surface area contributed by atoms with Crippen molar-refractivity contribution in [3.05, 3.63) is 60.3 Å². The van der Waals surface area contributed by atoms with Crippen molar-refractivity contribution in [1.82, 2.24) is 24.2 Å². The fraction of sp³-hybridized carbons (Fsp3) is 0.381. The van der Waals surface area contributed by atoms with Gasteiger partial charge >= 0.3 is 0 Å². The van der Waals surface area contributed by atoms with Gasteiger partial charge in [-0.25, -0.2) is 4.68 Å². The Hall–Kier alpha value is -2.93. The molecule has 3 aromatic rings. The van der Waals surface area contributed by atoms with E-state index in [4.69, 9.17) is 5.10 Å². The molecule has 1 unspecified atom stereocenters. The minimum absolute atomic E-state index is 0.00747. The molecule has 1 amide bonds. The van der Waals surface area contributed by atoms with Crippen molar-refractivity contribution in [2.75, 3.05) is 25.5 Å². The maximum absolute atomic E-state index is 12.6. The van der Waals surface area contributed by atoms with E-state index in [1.165, 1.54) is 0 Å². The van der Waals surface area contributed by atoms with E-state index in [0.717, 1.165) is 48.7 Å². The highest BCUT2D eigenvalue weighted by Crippen LogP contribution is 2.40. The predicted molar refractivity (Wildman–Crippen MR) is 107 cm³/mol. The van der Waals surface area contributed by atoms with Gasteiger partial charge in [0.2, 0.25) is 5.91 Å². The summed E-state index contributed by atoms with van der Waals surface area (Å²) >= 11 is 0. The number of anilines is 1. The van der Waals surface area contributed by atoms with Crippen molar-refractivity contribution in [2.45, 2.75) is 31.2 Å². The minimum atomic E-state index is -0.00747. The average Bonchev–Trinajstić information content (AvgIpc) is 3.36. The van der Waals surface area contributed by atoms with Crippen molar-refractivity contribution in [2.24, 2.45) is 0 Å². The highest BCUT2D eigenvalue weighted by Gasteiger charge is 2.33. The Morgan fingerprint density at radius 3 is 2.71 bits per heavy atom. The van der Waals surface area contributed by atoms with Crippen molar-refractivity contribution < 1.29 is 4.79 Å². The summed E-state index contributed by atoms with van der Waals surface area (Å²) in [6.45, 7) is 2.11. The number of nitrogens with one attached hydrogen (secondary N) is 1. The highest BCUT2D eigenvalue weighted by atomic mass is 16.1. The normalized spacial score (nSPS) is 20.8. The van der Waals surface area contributed by atoms with Gasteiger partial charge in [0, 0.05) is 47.9 Å². The molecule has 3 aromatic heterocycles. The minimum Gasteiger partial charge on any atom is -0.320 e. The second-order valence-corrected chi connectivity index (χ2v) is 7.74. The molecule has 1 saturated heterocycles. The first-order valence-corrected chi connectivity index (χ1v) is 9.84. The standard InChI is InChI=1S/C21H24N6O/c1-25-11-6-16(7-12-25)27-21-18(14-23-27)17(13-20(28)24-21)19-3-2-10-26(19)15-4-8-22-9-5-15/h2-5,8-10,14,16-17H,6-7,11-13H2,1H3,(H,24,28). The molecule has 0 radical (unpaired) electrons. The van der Waals surface area contributed by atoms with Crippen LogP contribution in [0.4, 0.5) is 5.82 Å². The maximum atomic E-state index is 12.6. The van der Waals surface area contributed by atoms with Gasteiger partial charge < -0.3 is 14.8 Å². The Morgan fingerprint density at radius 2 is 1.93 bits per heavy atom. The lowest BCUT2D eigenvalue weighted by Crippen LogP contribution is -2.33. The van der Waals surface area contributed by atoms with E-state index in [9.17, 15) is 4.79 Å². The van der Waals surface area contributed by atoms with E-state index >= 15 is 0 Å². The molecule has 1 N–H and O–H groups in total.